The molecule has 3 aromatic carbocycles. The lowest BCUT2D eigenvalue weighted by atomic mass is 10.1. The number of nitrogens with zero attached hydrogens (tertiary/aromatic N) is 2. The van der Waals surface area contributed by atoms with Crippen LogP contribution in [0.2, 0.25) is 5.02 Å². The summed E-state index contributed by atoms with van der Waals surface area (Å²) in [4.78, 5) is 29.1. The van der Waals surface area contributed by atoms with Crippen LogP contribution in [0.5, 0.6) is 11.5 Å². The predicted octanol–water partition coefficient (Wildman–Crippen LogP) is 5.62. The second-order valence-corrected chi connectivity index (χ2v) is 9.40. The average Bonchev–Trinajstić information content (AvgIpc) is 3.43. The first-order chi connectivity index (χ1) is 18.1. The molecule has 0 aliphatic carbocycles. The molecule has 0 spiro atoms. The summed E-state index contributed by atoms with van der Waals surface area (Å²) in [5, 5.41) is 3.18. The third-order valence-corrected chi connectivity index (χ3v) is 6.72. The number of carbonyl (C=O) groups is 2. The standard InChI is InChI=1S/C26H19ClF3N3O4S/c27-17-5-7-18(8-6-17)31-23(34)12-20-24(35)33(19-3-1-2-16(11-19)26(28,29)30)25(38)32(20)13-15-4-9-21-22(10-15)37-14-36-21/h1-11,20H,12-14H2,(H,31,34). The summed E-state index contributed by atoms with van der Waals surface area (Å²) in [7, 11) is 0. The van der Waals surface area contributed by atoms with Gasteiger partial charge in [0.25, 0.3) is 5.91 Å². The summed E-state index contributed by atoms with van der Waals surface area (Å²) in [6.45, 7) is 0.186. The van der Waals surface area contributed by atoms with Crippen molar-refractivity contribution in [2.75, 3.05) is 17.0 Å². The van der Waals surface area contributed by atoms with E-state index in [-0.39, 0.29) is 30.6 Å². The van der Waals surface area contributed by atoms with E-state index in [1.165, 1.54) is 17.0 Å². The lowest BCUT2D eigenvalue weighted by Crippen LogP contribution is -2.37. The molecule has 2 heterocycles. The van der Waals surface area contributed by atoms with Crippen LogP contribution in [-0.4, -0.2) is 34.7 Å². The summed E-state index contributed by atoms with van der Waals surface area (Å²) >= 11 is 11.5. The highest BCUT2D eigenvalue weighted by Crippen LogP contribution is 2.36. The summed E-state index contributed by atoms with van der Waals surface area (Å²) in [6, 6.07) is 14.9. The van der Waals surface area contributed by atoms with E-state index in [0.29, 0.717) is 27.8 Å². The first-order valence-corrected chi connectivity index (χ1v) is 12.1. The third-order valence-electron chi connectivity index (χ3n) is 6.05. The predicted molar refractivity (Wildman–Crippen MR) is 138 cm³/mol. The molecule has 38 heavy (non-hydrogen) atoms. The number of thiocarbonyl (C=S) groups is 1. The van der Waals surface area contributed by atoms with Gasteiger partial charge in [0.05, 0.1) is 17.7 Å². The number of amides is 2. The van der Waals surface area contributed by atoms with Crippen LogP contribution < -0.4 is 19.7 Å². The average molecular weight is 562 g/mol. The SMILES string of the molecule is O=C(CC1C(=O)N(c2cccc(C(F)(F)F)c2)C(=S)N1Cc1ccc2c(c1)OCO2)Nc1ccc(Cl)cc1. The minimum Gasteiger partial charge on any atom is -0.454 e. The van der Waals surface area contributed by atoms with E-state index in [9.17, 15) is 22.8 Å². The molecule has 196 valence electrons. The Morgan fingerprint density at radius 2 is 1.79 bits per heavy atom. The molecule has 0 bridgehead atoms. The van der Waals surface area contributed by atoms with Crippen LogP contribution in [0.4, 0.5) is 24.5 Å². The maximum Gasteiger partial charge on any atom is 0.416 e. The molecule has 12 heteroatoms. The number of hydrogen-bond donors (Lipinski definition) is 1. The monoisotopic (exact) mass is 561 g/mol. The zero-order chi connectivity index (χ0) is 27.0. The highest BCUT2D eigenvalue weighted by molar-refractivity contribution is 7.80. The number of halogens is 4. The van der Waals surface area contributed by atoms with Crippen LogP contribution in [0, 0.1) is 0 Å². The van der Waals surface area contributed by atoms with Gasteiger partial charge in [-0.25, -0.2) is 0 Å². The molecule has 0 radical (unpaired) electrons. The van der Waals surface area contributed by atoms with Gasteiger partial charge in [0, 0.05) is 17.3 Å². The van der Waals surface area contributed by atoms with Gasteiger partial charge in [0.2, 0.25) is 12.7 Å². The molecule has 0 saturated carbocycles. The van der Waals surface area contributed by atoms with Gasteiger partial charge in [-0.3, -0.25) is 14.5 Å². The third kappa shape index (κ3) is 5.25. The van der Waals surface area contributed by atoms with Crippen molar-refractivity contribution < 1.29 is 32.2 Å². The number of rotatable bonds is 6. The van der Waals surface area contributed by atoms with Crippen LogP contribution >= 0.6 is 23.8 Å². The molecule has 2 amide bonds. The van der Waals surface area contributed by atoms with Gasteiger partial charge in [-0.1, -0.05) is 23.7 Å². The zero-order valence-electron chi connectivity index (χ0n) is 19.5. The Morgan fingerprint density at radius 1 is 1.05 bits per heavy atom. The van der Waals surface area contributed by atoms with Crippen molar-refractivity contribution in [2.45, 2.75) is 25.2 Å². The molecular formula is C26H19ClF3N3O4S. The molecular weight excluding hydrogens is 543 g/mol. The van der Waals surface area contributed by atoms with E-state index in [2.05, 4.69) is 5.32 Å². The van der Waals surface area contributed by atoms with Crippen molar-refractivity contribution in [3.8, 4) is 11.5 Å². The van der Waals surface area contributed by atoms with Crippen molar-refractivity contribution in [3.05, 3.63) is 82.9 Å². The first-order valence-electron chi connectivity index (χ1n) is 11.4. The second kappa shape index (κ2) is 10.1. The minimum atomic E-state index is -4.61. The summed E-state index contributed by atoms with van der Waals surface area (Å²) in [5.41, 5.74) is 0.228. The lowest BCUT2D eigenvalue weighted by Gasteiger charge is -2.24. The Balaban J connectivity index is 1.44. The van der Waals surface area contributed by atoms with Gasteiger partial charge in [-0.05, 0) is 72.4 Å². The van der Waals surface area contributed by atoms with Gasteiger partial charge in [0.1, 0.15) is 6.04 Å². The van der Waals surface area contributed by atoms with Crippen molar-refractivity contribution in [1.82, 2.24) is 4.90 Å². The van der Waals surface area contributed by atoms with Gasteiger partial charge in [-0.2, -0.15) is 13.2 Å². The van der Waals surface area contributed by atoms with Gasteiger partial charge < -0.3 is 19.7 Å². The van der Waals surface area contributed by atoms with Gasteiger partial charge in [0.15, 0.2) is 16.6 Å². The van der Waals surface area contributed by atoms with Gasteiger partial charge >= 0.3 is 6.18 Å². The van der Waals surface area contributed by atoms with Crippen LogP contribution in [0.3, 0.4) is 0 Å². The Labute approximate surface area is 225 Å². The Bertz CT molecular complexity index is 1420. The molecule has 1 fully saturated rings. The summed E-state index contributed by atoms with van der Waals surface area (Å²) in [6.07, 6.45) is -4.90. The van der Waals surface area contributed by atoms with Crippen LogP contribution in [0.15, 0.2) is 66.7 Å². The van der Waals surface area contributed by atoms with E-state index in [4.69, 9.17) is 33.3 Å². The molecule has 1 unspecified atom stereocenters. The minimum absolute atomic E-state index is 0.0173. The van der Waals surface area contributed by atoms with Crippen molar-refractivity contribution >= 4 is 52.1 Å². The first kappa shape index (κ1) is 25.8. The molecule has 1 atom stereocenters. The molecule has 0 aromatic heterocycles. The zero-order valence-corrected chi connectivity index (χ0v) is 21.1. The number of hydrogen-bond acceptors (Lipinski definition) is 5. The van der Waals surface area contributed by atoms with Crippen molar-refractivity contribution in [2.24, 2.45) is 0 Å². The van der Waals surface area contributed by atoms with E-state index in [1.54, 1.807) is 42.5 Å². The highest BCUT2D eigenvalue weighted by atomic mass is 35.5. The smallest absolute Gasteiger partial charge is 0.416 e. The fourth-order valence-electron chi connectivity index (χ4n) is 4.23. The second-order valence-electron chi connectivity index (χ2n) is 8.59. The summed E-state index contributed by atoms with van der Waals surface area (Å²) < 4.78 is 50.9. The van der Waals surface area contributed by atoms with E-state index in [1.807, 2.05) is 0 Å². The molecule has 3 aromatic rings. The Kier molecular flexibility index (Phi) is 6.89. The fourth-order valence-corrected chi connectivity index (χ4v) is 4.74. The van der Waals surface area contributed by atoms with Crippen LogP contribution in [0.25, 0.3) is 0 Å². The highest BCUT2D eigenvalue weighted by Gasteiger charge is 2.45. The number of ether oxygens (including phenoxy) is 2. The molecule has 1 N–H and O–H groups in total. The number of anilines is 2. The molecule has 5 rings (SSSR count). The number of benzene rings is 3. The maximum atomic E-state index is 13.6. The molecule has 1 saturated heterocycles. The Hall–Kier alpha value is -3.83. The fraction of sp³-hybridized carbons (Fsp3) is 0.192. The quantitative estimate of drug-likeness (QED) is 0.394. The van der Waals surface area contributed by atoms with E-state index in [0.717, 1.165) is 17.0 Å². The lowest BCUT2D eigenvalue weighted by molar-refractivity contribution is -0.137. The maximum absolute atomic E-state index is 13.6. The molecule has 7 nitrogen and oxygen atoms in total. The Morgan fingerprint density at radius 3 is 2.53 bits per heavy atom. The van der Waals surface area contributed by atoms with Crippen LogP contribution in [-0.2, 0) is 22.3 Å². The number of alkyl halides is 3. The summed E-state index contributed by atoms with van der Waals surface area (Å²) in [5.74, 6) is 0.000363. The van der Waals surface area contributed by atoms with Gasteiger partial charge in [-0.15, -0.1) is 0 Å². The number of nitrogens with one attached hydrogen (secondary N) is 1. The molecule has 2 aliphatic rings. The largest absolute Gasteiger partial charge is 0.454 e. The van der Waals surface area contributed by atoms with E-state index < -0.39 is 29.6 Å². The normalized spacial score (nSPS) is 16.8. The topological polar surface area (TPSA) is 71.1 Å². The molecule has 2 aliphatic heterocycles. The number of carbonyl (C=O) groups excluding carboxylic acids is 2. The van der Waals surface area contributed by atoms with Crippen molar-refractivity contribution in [1.29, 1.82) is 0 Å². The number of fused-ring (bicyclic) bond motifs is 1. The van der Waals surface area contributed by atoms with Crippen LogP contribution in [0.1, 0.15) is 17.5 Å². The van der Waals surface area contributed by atoms with E-state index >= 15 is 0 Å². The van der Waals surface area contributed by atoms with Crippen molar-refractivity contribution in [3.63, 3.8) is 0 Å².